The average Bonchev–Trinajstić information content (AvgIpc) is 2.97. The Balaban J connectivity index is 2.43. The zero-order valence-corrected chi connectivity index (χ0v) is 8.45. The Morgan fingerprint density at radius 2 is 2.20 bits per heavy atom. The van der Waals surface area contributed by atoms with Gasteiger partial charge >= 0.3 is 5.97 Å². The quantitative estimate of drug-likeness (QED) is 0.798. The number of nitrogens with zero attached hydrogens (tertiary/aromatic N) is 1. The Morgan fingerprint density at radius 3 is 2.60 bits per heavy atom. The molecule has 1 aromatic carbocycles. The zero-order valence-electron chi connectivity index (χ0n) is 8.45. The summed E-state index contributed by atoms with van der Waals surface area (Å²) in [4.78, 5) is 10.8. The number of aromatic carboxylic acids is 1. The molecular formula is C12H11NO2. The molecular weight excluding hydrogens is 190 g/mol. The molecule has 3 nitrogen and oxygen atoms in total. The summed E-state index contributed by atoms with van der Waals surface area (Å²) < 4.78 is 0. The Labute approximate surface area is 88.0 Å². The number of hydrogen-bond donors (Lipinski definition) is 1. The van der Waals surface area contributed by atoms with E-state index in [1.54, 1.807) is 19.1 Å². The highest BCUT2D eigenvalue weighted by Crippen LogP contribution is 2.47. The van der Waals surface area contributed by atoms with Gasteiger partial charge in [-0.2, -0.15) is 5.26 Å². The minimum Gasteiger partial charge on any atom is -0.478 e. The molecule has 15 heavy (non-hydrogen) atoms. The number of carboxylic acid groups (broad SMARTS) is 1. The van der Waals surface area contributed by atoms with Crippen LogP contribution in [0.2, 0.25) is 0 Å². The van der Waals surface area contributed by atoms with Gasteiger partial charge in [0, 0.05) is 0 Å². The fourth-order valence-electron chi connectivity index (χ4n) is 1.79. The fourth-order valence-corrected chi connectivity index (χ4v) is 1.79. The molecule has 0 radical (unpaired) electrons. The van der Waals surface area contributed by atoms with Crippen LogP contribution in [0.1, 0.15) is 34.3 Å². The number of nitriles is 1. The Hall–Kier alpha value is -1.82. The molecule has 0 unspecified atom stereocenters. The normalized spacial score (nSPS) is 16.8. The molecule has 0 spiro atoms. The van der Waals surface area contributed by atoms with Crippen molar-refractivity contribution in [2.75, 3.05) is 0 Å². The van der Waals surface area contributed by atoms with E-state index in [-0.39, 0.29) is 5.41 Å². The molecule has 1 aliphatic rings. The first-order chi connectivity index (χ1) is 7.09. The molecule has 0 aromatic heterocycles. The topological polar surface area (TPSA) is 61.1 Å². The molecule has 0 aliphatic heterocycles. The monoisotopic (exact) mass is 201 g/mol. The third kappa shape index (κ3) is 1.48. The highest BCUT2D eigenvalue weighted by Gasteiger charge is 2.44. The van der Waals surface area contributed by atoms with Crippen molar-refractivity contribution < 1.29 is 9.90 Å². The van der Waals surface area contributed by atoms with Crippen molar-refractivity contribution >= 4 is 5.97 Å². The van der Waals surface area contributed by atoms with E-state index in [1.165, 1.54) is 0 Å². The Kier molecular flexibility index (Phi) is 2.01. The molecule has 76 valence electrons. The third-order valence-electron chi connectivity index (χ3n) is 2.97. The highest BCUT2D eigenvalue weighted by molar-refractivity contribution is 5.89. The molecule has 0 saturated heterocycles. The zero-order chi connectivity index (χ0) is 11.1. The standard InChI is InChI=1S/C12H11NO2/c1-8-6-9(12(7-13)4-5-12)2-3-10(8)11(14)15/h2-3,6H,4-5H2,1H3,(H,14,15). The predicted octanol–water partition coefficient (Wildman–Crippen LogP) is 2.25. The summed E-state index contributed by atoms with van der Waals surface area (Å²) in [5.74, 6) is -0.916. The van der Waals surface area contributed by atoms with Gasteiger partial charge in [-0.05, 0) is 37.0 Å². The number of rotatable bonds is 2. The van der Waals surface area contributed by atoms with E-state index in [2.05, 4.69) is 6.07 Å². The number of aryl methyl sites for hydroxylation is 1. The molecule has 1 aliphatic carbocycles. The largest absolute Gasteiger partial charge is 0.478 e. The van der Waals surface area contributed by atoms with Crippen molar-refractivity contribution in [1.29, 1.82) is 5.26 Å². The molecule has 3 heteroatoms. The number of hydrogen-bond acceptors (Lipinski definition) is 2. The Morgan fingerprint density at radius 1 is 1.53 bits per heavy atom. The van der Waals surface area contributed by atoms with Crippen LogP contribution in [0.5, 0.6) is 0 Å². The molecule has 2 rings (SSSR count). The minimum absolute atomic E-state index is 0.312. The fraction of sp³-hybridized carbons (Fsp3) is 0.333. The highest BCUT2D eigenvalue weighted by atomic mass is 16.4. The van der Waals surface area contributed by atoms with Crippen LogP contribution in [0, 0.1) is 18.3 Å². The summed E-state index contributed by atoms with van der Waals surface area (Å²) in [6.45, 7) is 1.76. The molecule has 0 bridgehead atoms. The second-order valence-electron chi connectivity index (χ2n) is 4.03. The third-order valence-corrected chi connectivity index (χ3v) is 2.97. The van der Waals surface area contributed by atoms with Crippen LogP contribution >= 0.6 is 0 Å². The van der Waals surface area contributed by atoms with Gasteiger partial charge in [-0.25, -0.2) is 4.79 Å². The smallest absolute Gasteiger partial charge is 0.335 e. The summed E-state index contributed by atoms with van der Waals surface area (Å²) in [6, 6.07) is 7.46. The van der Waals surface area contributed by atoms with Crippen LogP contribution in [-0.2, 0) is 5.41 Å². The van der Waals surface area contributed by atoms with Crippen LogP contribution in [0.4, 0.5) is 0 Å². The lowest BCUT2D eigenvalue weighted by molar-refractivity contribution is 0.0696. The van der Waals surface area contributed by atoms with E-state index >= 15 is 0 Å². The first-order valence-electron chi connectivity index (χ1n) is 4.85. The van der Waals surface area contributed by atoms with Gasteiger partial charge in [-0.1, -0.05) is 12.1 Å². The maximum atomic E-state index is 10.8. The van der Waals surface area contributed by atoms with Crippen LogP contribution in [0.3, 0.4) is 0 Å². The molecule has 1 N–H and O–H groups in total. The van der Waals surface area contributed by atoms with Gasteiger partial charge in [0.15, 0.2) is 0 Å². The maximum Gasteiger partial charge on any atom is 0.335 e. The van der Waals surface area contributed by atoms with Crippen LogP contribution in [0.25, 0.3) is 0 Å². The maximum absolute atomic E-state index is 10.8. The second kappa shape index (κ2) is 3.09. The molecule has 1 fully saturated rings. The predicted molar refractivity (Wildman–Crippen MR) is 54.7 cm³/mol. The van der Waals surface area contributed by atoms with Gasteiger partial charge in [0.2, 0.25) is 0 Å². The van der Waals surface area contributed by atoms with Crippen LogP contribution < -0.4 is 0 Å². The molecule has 0 atom stereocenters. The average molecular weight is 201 g/mol. The van der Waals surface area contributed by atoms with Crippen LogP contribution in [0.15, 0.2) is 18.2 Å². The van der Waals surface area contributed by atoms with E-state index in [9.17, 15) is 4.79 Å². The number of carbonyl (C=O) groups is 1. The van der Waals surface area contributed by atoms with Crippen molar-refractivity contribution in [1.82, 2.24) is 0 Å². The van der Waals surface area contributed by atoms with E-state index in [4.69, 9.17) is 10.4 Å². The van der Waals surface area contributed by atoms with Gasteiger partial charge in [0.05, 0.1) is 17.0 Å². The summed E-state index contributed by atoms with van der Waals surface area (Å²) in [5, 5.41) is 17.9. The minimum atomic E-state index is -0.916. The lowest BCUT2D eigenvalue weighted by Gasteiger charge is -2.08. The lowest BCUT2D eigenvalue weighted by Crippen LogP contribution is -2.06. The van der Waals surface area contributed by atoms with Crippen molar-refractivity contribution in [3.8, 4) is 6.07 Å². The second-order valence-corrected chi connectivity index (χ2v) is 4.03. The van der Waals surface area contributed by atoms with E-state index in [0.717, 1.165) is 24.0 Å². The van der Waals surface area contributed by atoms with Gasteiger partial charge in [-0.3, -0.25) is 0 Å². The van der Waals surface area contributed by atoms with E-state index in [1.807, 2.05) is 6.07 Å². The van der Waals surface area contributed by atoms with Crippen LogP contribution in [-0.4, -0.2) is 11.1 Å². The first-order valence-corrected chi connectivity index (χ1v) is 4.85. The Bertz CT molecular complexity index is 467. The van der Waals surface area contributed by atoms with Crippen molar-refractivity contribution in [3.05, 3.63) is 34.9 Å². The van der Waals surface area contributed by atoms with Gasteiger partial charge in [-0.15, -0.1) is 0 Å². The SMILES string of the molecule is Cc1cc(C2(C#N)CC2)ccc1C(=O)O. The summed E-state index contributed by atoms with van der Waals surface area (Å²) in [7, 11) is 0. The number of benzene rings is 1. The summed E-state index contributed by atoms with van der Waals surface area (Å²) >= 11 is 0. The summed E-state index contributed by atoms with van der Waals surface area (Å²) in [6.07, 6.45) is 1.77. The number of carboxylic acids is 1. The first kappa shape index (κ1) is 9.72. The molecule has 0 amide bonds. The van der Waals surface area contributed by atoms with E-state index < -0.39 is 5.97 Å². The lowest BCUT2D eigenvalue weighted by atomic mass is 9.94. The van der Waals surface area contributed by atoms with Gasteiger partial charge < -0.3 is 5.11 Å². The van der Waals surface area contributed by atoms with Crippen molar-refractivity contribution in [2.24, 2.45) is 0 Å². The van der Waals surface area contributed by atoms with Crippen molar-refractivity contribution in [2.45, 2.75) is 25.2 Å². The summed E-state index contributed by atoms with van der Waals surface area (Å²) in [5.41, 5.74) is 1.66. The van der Waals surface area contributed by atoms with E-state index in [0.29, 0.717) is 5.56 Å². The van der Waals surface area contributed by atoms with Gasteiger partial charge in [0.1, 0.15) is 0 Å². The molecule has 1 saturated carbocycles. The molecule has 1 aromatic rings. The van der Waals surface area contributed by atoms with Crippen molar-refractivity contribution in [3.63, 3.8) is 0 Å². The molecule has 0 heterocycles. The van der Waals surface area contributed by atoms with Gasteiger partial charge in [0.25, 0.3) is 0 Å².